The van der Waals surface area contributed by atoms with Crippen molar-refractivity contribution in [1.29, 1.82) is 0 Å². The van der Waals surface area contributed by atoms with Crippen LogP contribution in [0.25, 0.3) is 0 Å². The molecule has 0 rings (SSSR count). The van der Waals surface area contributed by atoms with Crippen molar-refractivity contribution in [2.24, 2.45) is 0 Å². The van der Waals surface area contributed by atoms with Crippen LogP contribution in [0.4, 0.5) is 0 Å². The van der Waals surface area contributed by atoms with Crippen LogP contribution in [-0.2, 0) is 0 Å². The first-order valence-corrected chi connectivity index (χ1v) is 8.02. The first kappa shape index (κ1) is 9.43. The molecule has 0 spiro atoms. The van der Waals surface area contributed by atoms with Crippen molar-refractivity contribution in [3.8, 4) is 0 Å². The normalized spacial score (nSPS) is 16.8. The summed E-state index contributed by atoms with van der Waals surface area (Å²) in [6.07, 6.45) is 4.22. The minimum atomic E-state index is -1.13. The van der Waals surface area contributed by atoms with Crippen LogP contribution in [0.15, 0.2) is 0 Å². The Bertz CT molecular complexity index is 77.2. The van der Waals surface area contributed by atoms with Crippen LogP contribution in [-0.4, -0.2) is 32.8 Å². The second-order valence-corrected chi connectivity index (χ2v) is 13.4. The van der Waals surface area contributed by atoms with Crippen LogP contribution >= 0.6 is 6.60 Å². The Morgan fingerprint density at radius 2 is 1.44 bits per heavy atom. The third-order valence-corrected chi connectivity index (χ3v) is 3.51. The Labute approximate surface area is 60.0 Å². The van der Waals surface area contributed by atoms with Crippen molar-refractivity contribution < 1.29 is 0 Å². The third kappa shape index (κ3) is 8.43. The Morgan fingerprint density at radius 1 is 1.00 bits per heavy atom. The van der Waals surface area contributed by atoms with Crippen molar-refractivity contribution in [2.75, 3.05) is 32.8 Å². The van der Waals surface area contributed by atoms with E-state index in [0.717, 1.165) is 0 Å². The molecule has 0 aromatic heterocycles. The average molecular weight is 148 g/mol. The summed E-state index contributed by atoms with van der Waals surface area (Å²) in [6.45, 7) is 10.9. The van der Waals surface area contributed by atoms with Gasteiger partial charge in [-0.05, 0) is 0 Å². The Balaban J connectivity index is 3.60. The van der Waals surface area contributed by atoms with E-state index in [9.17, 15) is 0 Å². The molecule has 1 heteroatoms. The van der Waals surface area contributed by atoms with Crippen molar-refractivity contribution >= 4 is 6.60 Å². The van der Waals surface area contributed by atoms with E-state index in [1.54, 1.807) is 0 Å². The third-order valence-electron chi connectivity index (χ3n) is 1.41. The first-order chi connectivity index (χ1) is 3.81. The SMILES string of the molecule is CCCCP(C)(C)(C)C. The molecule has 9 heavy (non-hydrogen) atoms. The molecule has 0 saturated carbocycles. The molecule has 0 unspecified atom stereocenters. The van der Waals surface area contributed by atoms with E-state index in [-0.39, 0.29) is 0 Å². The van der Waals surface area contributed by atoms with Gasteiger partial charge in [0.2, 0.25) is 0 Å². The van der Waals surface area contributed by atoms with Gasteiger partial charge in [0.25, 0.3) is 0 Å². The molecule has 0 aromatic carbocycles. The monoisotopic (exact) mass is 148 g/mol. The number of hydrogen-bond donors (Lipinski definition) is 0. The molecule has 58 valence electrons. The molecule has 0 saturated heterocycles. The van der Waals surface area contributed by atoms with E-state index < -0.39 is 6.60 Å². The zero-order valence-electron chi connectivity index (χ0n) is 7.57. The van der Waals surface area contributed by atoms with Crippen molar-refractivity contribution in [2.45, 2.75) is 19.8 Å². The summed E-state index contributed by atoms with van der Waals surface area (Å²) >= 11 is 0. The van der Waals surface area contributed by atoms with E-state index in [0.29, 0.717) is 0 Å². The van der Waals surface area contributed by atoms with E-state index >= 15 is 0 Å². The molecule has 0 atom stereocenters. The van der Waals surface area contributed by atoms with Crippen LogP contribution in [0.3, 0.4) is 0 Å². The topological polar surface area (TPSA) is 0 Å². The molecule has 0 heterocycles. The second kappa shape index (κ2) is 2.58. The Kier molecular flexibility index (Phi) is 2.70. The maximum absolute atomic E-state index is 2.45. The van der Waals surface area contributed by atoms with Gasteiger partial charge in [-0.15, -0.1) is 0 Å². The van der Waals surface area contributed by atoms with E-state index in [1.165, 1.54) is 19.0 Å². The van der Waals surface area contributed by atoms with E-state index in [2.05, 4.69) is 33.6 Å². The quantitative estimate of drug-likeness (QED) is 0.540. The van der Waals surface area contributed by atoms with Gasteiger partial charge < -0.3 is 0 Å². The fraction of sp³-hybridized carbons (Fsp3) is 1.00. The average Bonchev–Trinajstić information content (AvgIpc) is 1.57. The second-order valence-electron chi connectivity index (χ2n) is 5.03. The minimum absolute atomic E-state index is 1.13. The van der Waals surface area contributed by atoms with Gasteiger partial charge in [-0.1, -0.05) is 0 Å². The molecule has 0 aliphatic heterocycles. The molecule has 0 aliphatic carbocycles. The molecule has 0 bridgehead atoms. The predicted octanol–water partition coefficient (Wildman–Crippen LogP) is 2.86. The molecule has 0 amide bonds. The van der Waals surface area contributed by atoms with Gasteiger partial charge in [0, 0.05) is 0 Å². The van der Waals surface area contributed by atoms with Crippen LogP contribution in [0.1, 0.15) is 19.8 Å². The summed E-state index contributed by atoms with van der Waals surface area (Å²) in [5, 5.41) is 0. The van der Waals surface area contributed by atoms with Crippen molar-refractivity contribution in [1.82, 2.24) is 0 Å². The maximum atomic E-state index is 2.45. The van der Waals surface area contributed by atoms with Crippen LogP contribution in [0, 0.1) is 0 Å². The van der Waals surface area contributed by atoms with E-state index in [1.807, 2.05) is 0 Å². The summed E-state index contributed by atoms with van der Waals surface area (Å²) in [7, 11) is 0. The van der Waals surface area contributed by atoms with Crippen LogP contribution < -0.4 is 0 Å². The molecule has 0 radical (unpaired) electrons. The molecule has 0 aromatic rings. The first-order valence-electron chi connectivity index (χ1n) is 3.81. The van der Waals surface area contributed by atoms with Gasteiger partial charge in [0.15, 0.2) is 0 Å². The molecular formula is C8H21P. The fourth-order valence-corrected chi connectivity index (χ4v) is 2.37. The van der Waals surface area contributed by atoms with Gasteiger partial charge in [0.05, 0.1) is 0 Å². The van der Waals surface area contributed by atoms with Crippen molar-refractivity contribution in [3.63, 3.8) is 0 Å². The molecule has 0 aliphatic rings. The number of unbranched alkanes of at least 4 members (excludes halogenated alkanes) is 1. The fourth-order valence-electron chi connectivity index (χ4n) is 0.791. The standard InChI is InChI=1S/C8H21P/c1-6-7-8-9(2,3,4)5/h6-8H2,1-5H3. The van der Waals surface area contributed by atoms with Gasteiger partial charge in [-0.25, -0.2) is 0 Å². The Hall–Kier alpha value is 0.430. The molecular weight excluding hydrogens is 127 g/mol. The van der Waals surface area contributed by atoms with E-state index in [4.69, 9.17) is 0 Å². The van der Waals surface area contributed by atoms with Gasteiger partial charge in [0.1, 0.15) is 0 Å². The molecule has 0 nitrogen and oxygen atoms in total. The summed E-state index contributed by atoms with van der Waals surface area (Å²) < 4.78 is 0. The zero-order chi connectivity index (χ0) is 7.57. The van der Waals surface area contributed by atoms with Crippen LogP contribution in [0.5, 0.6) is 0 Å². The van der Waals surface area contributed by atoms with Gasteiger partial charge in [-0.2, -0.15) is 0 Å². The summed E-state index contributed by atoms with van der Waals surface area (Å²) in [6, 6.07) is 0. The summed E-state index contributed by atoms with van der Waals surface area (Å²) in [4.78, 5) is 0. The molecule has 0 fully saturated rings. The van der Waals surface area contributed by atoms with Crippen LogP contribution in [0.2, 0.25) is 0 Å². The predicted molar refractivity (Wildman–Crippen MR) is 50.4 cm³/mol. The Morgan fingerprint density at radius 3 is 1.56 bits per heavy atom. The summed E-state index contributed by atoms with van der Waals surface area (Å²) in [5.74, 6) is 0. The zero-order valence-corrected chi connectivity index (χ0v) is 8.46. The number of hydrogen-bond acceptors (Lipinski definition) is 0. The van der Waals surface area contributed by atoms with Crippen molar-refractivity contribution in [3.05, 3.63) is 0 Å². The molecule has 0 N–H and O–H groups in total. The van der Waals surface area contributed by atoms with Gasteiger partial charge >= 0.3 is 59.2 Å². The number of rotatable bonds is 3. The van der Waals surface area contributed by atoms with Gasteiger partial charge in [-0.3, -0.25) is 0 Å². The summed E-state index contributed by atoms with van der Waals surface area (Å²) in [5.41, 5.74) is 0.